The van der Waals surface area contributed by atoms with E-state index in [1.807, 2.05) is 58.4 Å². The number of carbonyl (C=O) groups excluding carboxylic acids is 1. The zero-order chi connectivity index (χ0) is 14.9. The van der Waals surface area contributed by atoms with Crippen molar-refractivity contribution in [2.75, 3.05) is 13.1 Å². The van der Waals surface area contributed by atoms with Gasteiger partial charge in [0, 0.05) is 37.2 Å². The van der Waals surface area contributed by atoms with Crippen LogP contribution in [0.1, 0.15) is 34.7 Å². The van der Waals surface area contributed by atoms with Gasteiger partial charge in [-0.3, -0.25) is 9.89 Å². The molecule has 1 saturated heterocycles. The maximum Gasteiger partial charge on any atom is 0.255 e. The first-order chi connectivity index (χ1) is 10.8. The quantitative estimate of drug-likeness (QED) is 0.790. The van der Waals surface area contributed by atoms with Crippen molar-refractivity contribution in [3.63, 3.8) is 0 Å². The monoisotopic (exact) mass is 294 g/mol. The molecule has 5 heteroatoms. The van der Waals surface area contributed by atoms with Crippen LogP contribution in [0.25, 0.3) is 5.52 Å². The van der Waals surface area contributed by atoms with Crippen LogP contribution in [0.3, 0.4) is 0 Å². The molecule has 1 N–H and O–H groups in total. The van der Waals surface area contributed by atoms with Gasteiger partial charge in [0.1, 0.15) is 0 Å². The van der Waals surface area contributed by atoms with Gasteiger partial charge in [-0.2, -0.15) is 5.10 Å². The number of piperidine rings is 1. The van der Waals surface area contributed by atoms with Gasteiger partial charge in [0.2, 0.25) is 0 Å². The van der Waals surface area contributed by atoms with Gasteiger partial charge < -0.3 is 9.30 Å². The van der Waals surface area contributed by atoms with E-state index in [2.05, 4.69) is 10.2 Å². The van der Waals surface area contributed by atoms with Crippen molar-refractivity contribution < 1.29 is 4.79 Å². The number of carbonyl (C=O) groups is 1. The van der Waals surface area contributed by atoms with E-state index in [4.69, 9.17) is 0 Å². The van der Waals surface area contributed by atoms with Gasteiger partial charge in [-0.15, -0.1) is 0 Å². The van der Waals surface area contributed by atoms with E-state index >= 15 is 0 Å². The van der Waals surface area contributed by atoms with E-state index in [9.17, 15) is 4.79 Å². The topological polar surface area (TPSA) is 53.4 Å². The number of fused-ring (bicyclic) bond motifs is 1. The lowest BCUT2D eigenvalue weighted by atomic mass is 9.91. The molecule has 22 heavy (non-hydrogen) atoms. The Balaban J connectivity index is 1.47. The number of likely N-dealkylation sites (tertiary alicyclic amines) is 1. The summed E-state index contributed by atoms with van der Waals surface area (Å²) in [6.07, 6.45) is 9.74. The first kappa shape index (κ1) is 13.1. The summed E-state index contributed by atoms with van der Waals surface area (Å²) in [7, 11) is 0. The molecule has 1 aliphatic rings. The molecule has 0 atom stereocenters. The van der Waals surface area contributed by atoms with E-state index in [1.165, 1.54) is 5.56 Å². The number of amides is 1. The lowest BCUT2D eigenvalue weighted by Gasteiger charge is -2.31. The van der Waals surface area contributed by atoms with E-state index < -0.39 is 0 Å². The minimum absolute atomic E-state index is 0.134. The van der Waals surface area contributed by atoms with Crippen LogP contribution < -0.4 is 0 Å². The molecule has 0 bridgehead atoms. The molecule has 0 aromatic carbocycles. The molecule has 4 heterocycles. The number of aromatic amines is 1. The third kappa shape index (κ3) is 2.28. The molecule has 0 saturated carbocycles. The van der Waals surface area contributed by atoms with Gasteiger partial charge in [0.05, 0.1) is 11.8 Å². The second-order valence-electron chi connectivity index (χ2n) is 5.86. The molecule has 1 aliphatic heterocycles. The van der Waals surface area contributed by atoms with E-state index in [-0.39, 0.29) is 5.91 Å². The molecular weight excluding hydrogens is 276 g/mol. The zero-order valence-corrected chi connectivity index (χ0v) is 12.3. The number of hydrogen-bond acceptors (Lipinski definition) is 2. The molecule has 1 fully saturated rings. The van der Waals surface area contributed by atoms with Gasteiger partial charge >= 0.3 is 0 Å². The van der Waals surface area contributed by atoms with Crippen molar-refractivity contribution in [2.45, 2.75) is 18.8 Å². The molecule has 0 radical (unpaired) electrons. The van der Waals surface area contributed by atoms with Crippen molar-refractivity contribution in [3.8, 4) is 0 Å². The summed E-state index contributed by atoms with van der Waals surface area (Å²) in [4.78, 5) is 14.6. The Bertz CT molecular complexity index is 749. The smallest absolute Gasteiger partial charge is 0.255 e. The lowest BCUT2D eigenvalue weighted by Crippen LogP contribution is -2.37. The van der Waals surface area contributed by atoms with Crippen LogP contribution >= 0.6 is 0 Å². The number of H-pyrrole nitrogens is 1. The fraction of sp³-hybridized carbons (Fsp3) is 0.294. The van der Waals surface area contributed by atoms with Crippen LogP contribution in [-0.4, -0.2) is 38.5 Å². The van der Waals surface area contributed by atoms with Crippen LogP contribution in [-0.2, 0) is 0 Å². The summed E-state index contributed by atoms with van der Waals surface area (Å²) in [5.74, 6) is 0.644. The van der Waals surface area contributed by atoms with Gasteiger partial charge in [0.15, 0.2) is 0 Å². The van der Waals surface area contributed by atoms with Crippen molar-refractivity contribution >= 4 is 11.4 Å². The van der Waals surface area contributed by atoms with Crippen LogP contribution in [0, 0.1) is 0 Å². The highest BCUT2D eigenvalue weighted by molar-refractivity contribution is 5.95. The molecule has 0 spiro atoms. The number of rotatable bonds is 2. The summed E-state index contributed by atoms with van der Waals surface area (Å²) in [5, 5.41) is 6.88. The number of nitrogens with zero attached hydrogens (tertiary/aromatic N) is 3. The highest BCUT2D eigenvalue weighted by Gasteiger charge is 2.25. The lowest BCUT2D eigenvalue weighted by molar-refractivity contribution is 0.0713. The summed E-state index contributed by atoms with van der Waals surface area (Å²) < 4.78 is 1.99. The van der Waals surface area contributed by atoms with Crippen molar-refractivity contribution in [1.29, 1.82) is 0 Å². The van der Waals surface area contributed by atoms with Gasteiger partial charge in [-0.25, -0.2) is 0 Å². The second kappa shape index (κ2) is 5.33. The number of nitrogens with one attached hydrogen (secondary N) is 1. The summed E-state index contributed by atoms with van der Waals surface area (Å²) >= 11 is 0. The van der Waals surface area contributed by atoms with Crippen LogP contribution in [0.4, 0.5) is 0 Å². The minimum Gasteiger partial charge on any atom is -0.339 e. The fourth-order valence-corrected chi connectivity index (χ4v) is 3.25. The average molecular weight is 294 g/mol. The molecule has 3 aromatic heterocycles. The van der Waals surface area contributed by atoms with Gasteiger partial charge in [-0.1, -0.05) is 6.07 Å². The maximum atomic E-state index is 12.7. The van der Waals surface area contributed by atoms with Crippen molar-refractivity contribution in [3.05, 3.63) is 60.2 Å². The normalized spacial score (nSPS) is 16.3. The zero-order valence-electron chi connectivity index (χ0n) is 12.3. The Morgan fingerprint density at radius 1 is 1.27 bits per heavy atom. The van der Waals surface area contributed by atoms with Gasteiger partial charge in [-0.05, 0) is 42.5 Å². The van der Waals surface area contributed by atoms with E-state index in [1.54, 1.807) is 0 Å². The van der Waals surface area contributed by atoms with Crippen LogP contribution in [0.5, 0.6) is 0 Å². The SMILES string of the molecule is O=C(c1cc2ccccn2c1)N1CCC(c2cn[nH]c2)CC1. The molecule has 4 rings (SSSR count). The Morgan fingerprint density at radius 3 is 2.86 bits per heavy atom. The molecule has 3 aromatic rings. The Kier molecular flexibility index (Phi) is 3.18. The Labute approximate surface area is 128 Å². The van der Waals surface area contributed by atoms with Crippen molar-refractivity contribution in [1.82, 2.24) is 19.5 Å². The standard InChI is InChI=1S/C17H18N4O/c22-17(14-9-16-3-1-2-6-21(16)12-14)20-7-4-13(5-8-20)15-10-18-19-11-15/h1-3,6,9-13H,4-5,7-8H2,(H,18,19). The molecule has 112 valence electrons. The molecule has 0 aliphatic carbocycles. The molecular formula is C17H18N4O. The van der Waals surface area contributed by atoms with E-state index in [0.717, 1.165) is 37.0 Å². The second-order valence-corrected chi connectivity index (χ2v) is 5.86. The highest BCUT2D eigenvalue weighted by atomic mass is 16.2. The number of pyridine rings is 1. The average Bonchev–Trinajstić information content (AvgIpc) is 3.23. The molecule has 1 amide bonds. The van der Waals surface area contributed by atoms with Crippen LogP contribution in [0.15, 0.2) is 49.1 Å². The third-order valence-electron chi connectivity index (χ3n) is 4.52. The Morgan fingerprint density at radius 2 is 2.14 bits per heavy atom. The van der Waals surface area contributed by atoms with Gasteiger partial charge in [0.25, 0.3) is 5.91 Å². The van der Waals surface area contributed by atoms with Crippen LogP contribution in [0.2, 0.25) is 0 Å². The molecule has 0 unspecified atom stereocenters. The highest BCUT2D eigenvalue weighted by Crippen LogP contribution is 2.28. The largest absolute Gasteiger partial charge is 0.339 e. The van der Waals surface area contributed by atoms with E-state index in [0.29, 0.717) is 5.92 Å². The third-order valence-corrected chi connectivity index (χ3v) is 4.52. The number of aromatic nitrogens is 3. The summed E-state index contributed by atoms with van der Waals surface area (Å²) in [5.41, 5.74) is 3.08. The Hall–Kier alpha value is -2.56. The predicted molar refractivity (Wildman–Crippen MR) is 83.9 cm³/mol. The summed E-state index contributed by atoms with van der Waals surface area (Å²) in [6.45, 7) is 1.61. The first-order valence-electron chi connectivity index (χ1n) is 7.66. The molecule has 5 nitrogen and oxygen atoms in total. The predicted octanol–water partition coefficient (Wildman–Crippen LogP) is 2.68. The first-order valence-corrected chi connectivity index (χ1v) is 7.66. The summed E-state index contributed by atoms with van der Waals surface area (Å²) in [6, 6.07) is 7.93. The minimum atomic E-state index is 0.134. The number of hydrogen-bond donors (Lipinski definition) is 1. The van der Waals surface area contributed by atoms with Crippen molar-refractivity contribution in [2.24, 2.45) is 0 Å². The fourth-order valence-electron chi connectivity index (χ4n) is 3.25. The maximum absolute atomic E-state index is 12.7.